The molecular formula is C20H37N3O6. The van der Waals surface area contributed by atoms with Crippen LogP contribution in [0.4, 0.5) is 4.79 Å². The van der Waals surface area contributed by atoms with Crippen LogP contribution in [0.25, 0.3) is 0 Å². The zero-order chi connectivity index (χ0) is 22.4. The number of hydrogen-bond donors (Lipinski definition) is 3. The molecule has 2 unspecified atom stereocenters. The van der Waals surface area contributed by atoms with Crippen molar-refractivity contribution in [3.05, 3.63) is 0 Å². The van der Waals surface area contributed by atoms with Crippen molar-refractivity contribution in [1.29, 1.82) is 0 Å². The molecule has 2 aliphatic rings. The first-order valence-electron chi connectivity index (χ1n) is 9.91. The first-order chi connectivity index (χ1) is 13.5. The van der Waals surface area contributed by atoms with E-state index < -0.39 is 23.6 Å². The largest absolute Gasteiger partial charge is 0.444 e. The lowest BCUT2D eigenvalue weighted by atomic mass is 9.99. The third-order valence-corrected chi connectivity index (χ3v) is 3.87. The molecule has 0 radical (unpaired) electrons. The second-order valence-corrected chi connectivity index (χ2v) is 8.27. The van der Waals surface area contributed by atoms with Crippen LogP contribution in [0.2, 0.25) is 0 Å². The van der Waals surface area contributed by atoms with Crippen LogP contribution < -0.4 is 16.0 Å². The fourth-order valence-electron chi connectivity index (χ4n) is 2.22. The predicted octanol–water partition coefficient (Wildman–Crippen LogP) is 1.40. The van der Waals surface area contributed by atoms with Gasteiger partial charge in [-0.25, -0.2) is 4.79 Å². The molecule has 3 N–H and O–H groups in total. The summed E-state index contributed by atoms with van der Waals surface area (Å²) in [6, 6.07) is -0.748. The van der Waals surface area contributed by atoms with Gasteiger partial charge in [-0.15, -0.1) is 0 Å². The molecule has 1 aliphatic heterocycles. The van der Waals surface area contributed by atoms with Gasteiger partial charge < -0.3 is 30.2 Å². The highest BCUT2D eigenvalue weighted by atomic mass is 16.6. The van der Waals surface area contributed by atoms with Gasteiger partial charge >= 0.3 is 6.09 Å². The summed E-state index contributed by atoms with van der Waals surface area (Å²) in [4.78, 5) is 45.5. The molecule has 168 valence electrons. The molecule has 1 aliphatic carbocycles. The molecule has 2 atom stereocenters. The van der Waals surface area contributed by atoms with Crippen molar-refractivity contribution in [2.75, 3.05) is 27.3 Å². The topological polar surface area (TPSA) is 123 Å². The Hall–Kier alpha value is -2.16. The minimum atomic E-state index is -0.748. The van der Waals surface area contributed by atoms with Gasteiger partial charge in [0.2, 0.25) is 11.8 Å². The molecule has 1 saturated heterocycles. The van der Waals surface area contributed by atoms with Crippen molar-refractivity contribution in [2.24, 2.45) is 11.8 Å². The van der Waals surface area contributed by atoms with Crippen LogP contribution in [-0.4, -0.2) is 63.1 Å². The lowest BCUT2D eigenvalue weighted by Crippen LogP contribution is -2.44. The summed E-state index contributed by atoms with van der Waals surface area (Å²) >= 11 is 0. The summed E-state index contributed by atoms with van der Waals surface area (Å²) in [5.41, 5.74) is -0.651. The zero-order valence-corrected chi connectivity index (χ0v) is 18.5. The molecule has 2 rings (SSSR count). The third kappa shape index (κ3) is 15.4. The highest BCUT2D eigenvalue weighted by Gasteiger charge is 2.27. The first-order valence-corrected chi connectivity index (χ1v) is 9.91. The third-order valence-electron chi connectivity index (χ3n) is 3.87. The molecule has 0 bridgehead atoms. The number of carbonyl (C=O) groups is 4. The molecule has 9 heteroatoms. The molecule has 1 saturated carbocycles. The number of aldehydes is 1. The number of alkyl carbamates (subject to hydrolysis) is 1. The van der Waals surface area contributed by atoms with Gasteiger partial charge in [-0.05, 0) is 39.5 Å². The van der Waals surface area contributed by atoms with Gasteiger partial charge in [0.1, 0.15) is 18.4 Å². The Kier molecular flexibility index (Phi) is 12.9. The summed E-state index contributed by atoms with van der Waals surface area (Å²) in [5, 5.41) is 7.45. The molecule has 2 fully saturated rings. The molecule has 3 amide bonds. The van der Waals surface area contributed by atoms with Gasteiger partial charge in [-0.1, -0.05) is 19.8 Å². The highest BCUT2D eigenvalue weighted by molar-refractivity contribution is 5.85. The van der Waals surface area contributed by atoms with Crippen molar-refractivity contribution >= 4 is 24.2 Å². The lowest BCUT2D eigenvalue weighted by molar-refractivity contribution is -0.125. The smallest absolute Gasteiger partial charge is 0.408 e. The van der Waals surface area contributed by atoms with Crippen molar-refractivity contribution in [3.63, 3.8) is 0 Å². The maximum atomic E-state index is 11.7. The van der Waals surface area contributed by atoms with Gasteiger partial charge in [0.05, 0.1) is 6.04 Å². The summed E-state index contributed by atoms with van der Waals surface area (Å²) in [6.07, 6.45) is 3.76. The second kappa shape index (κ2) is 13.9. The monoisotopic (exact) mass is 415 g/mol. The minimum Gasteiger partial charge on any atom is -0.444 e. The van der Waals surface area contributed by atoms with Gasteiger partial charge in [0.15, 0.2) is 0 Å². The summed E-state index contributed by atoms with van der Waals surface area (Å²) < 4.78 is 9.24. The second-order valence-electron chi connectivity index (χ2n) is 8.27. The first kappa shape index (κ1) is 26.8. The van der Waals surface area contributed by atoms with Gasteiger partial charge in [0.25, 0.3) is 0 Å². The van der Waals surface area contributed by atoms with Crippen LogP contribution in [-0.2, 0) is 23.9 Å². The minimum absolute atomic E-state index is 0.104. The van der Waals surface area contributed by atoms with Gasteiger partial charge in [0, 0.05) is 26.7 Å². The Morgan fingerprint density at radius 3 is 2.17 bits per heavy atom. The molecule has 0 spiro atoms. The summed E-state index contributed by atoms with van der Waals surface area (Å²) in [6.45, 7) is 7.70. The van der Waals surface area contributed by atoms with Crippen LogP contribution in [0.15, 0.2) is 0 Å². The van der Waals surface area contributed by atoms with E-state index in [2.05, 4.69) is 27.6 Å². The normalized spacial score (nSPS) is 18.7. The zero-order valence-electron chi connectivity index (χ0n) is 18.5. The van der Waals surface area contributed by atoms with E-state index >= 15 is 0 Å². The maximum Gasteiger partial charge on any atom is 0.408 e. The summed E-state index contributed by atoms with van der Waals surface area (Å²) in [5.74, 6) is 0.198. The number of methoxy groups -OCH3 is 1. The fourth-order valence-corrected chi connectivity index (χ4v) is 2.22. The van der Waals surface area contributed by atoms with E-state index in [-0.39, 0.29) is 24.8 Å². The van der Waals surface area contributed by atoms with Gasteiger partial charge in [-0.2, -0.15) is 0 Å². The van der Waals surface area contributed by atoms with E-state index in [9.17, 15) is 19.2 Å². The van der Waals surface area contributed by atoms with Crippen LogP contribution in [0, 0.1) is 11.8 Å². The van der Waals surface area contributed by atoms with Crippen LogP contribution in [0.3, 0.4) is 0 Å². The van der Waals surface area contributed by atoms with Crippen molar-refractivity contribution in [2.45, 2.75) is 65.0 Å². The van der Waals surface area contributed by atoms with Crippen LogP contribution in [0.1, 0.15) is 53.4 Å². The molecule has 29 heavy (non-hydrogen) atoms. The summed E-state index contributed by atoms with van der Waals surface area (Å²) in [7, 11) is 3.25. The lowest BCUT2D eigenvalue weighted by Gasteiger charge is -2.20. The van der Waals surface area contributed by atoms with E-state index in [1.165, 1.54) is 12.8 Å². The van der Waals surface area contributed by atoms with E-state index in [4.69, 9.17) is 4.74 Å². The molecule has 0 aromatic heterocycles. The van der Waals surface area contributed by atoms with E-state index in [1.807, 2.05) is 0 Å². The standard InChI is InChI=1S/C14H23N3O5.C4H8.C2H6O/c1-14(2,3)22-13(21)16-7-11(19)17-10(8-18)6-9-4-5-15-12(9)20;1-4-2-3-4;1-3-2/h8-10H,4-7H2,1-3H3,(H,15,20)(H,16,21)(H,17,19);4H,2-3H2,1H3;1-2H3. The van der Waals surface area contributed by atoms with Crippen molar-refractivity contribution in [1.82, 2.24) is 16.0 Å². The van der Waals surface area contributed by atoms with Crippen molar-refractivity contribution < 1.29 is 28.7 Å². The molecule has 0 aromatic rings. The van der Waals surface area contributed by atoms with E-state index in [0.717, 1.165) is 5.92 Å². The Bertz CT molecular complexity index is 529. The van der Waals surface area contributed by atoms with Crippen LogP contribution >= 0.6 is 0 Å². The fraction of sp³-hybridized carbons (Fsp3) is 0.800. The number of rotatable bonds is 6. The number of hydrogen-bond acceptors (Lipinski definition) is 6. The average molecular weight is 416 g/mol. The number of amides is 3. The van der Waals surface area contributed by atoms with Gasteiger partial charge in [-0.3, -0.25) is 9.59 Å². The molecule has 0 aromatic carbocycles. The quantitative estimate of drug-likeness (QED) is 0.564. The molecule has 9 nitrogen and oxygen atoms in total. The maximum absolute atomic E-state index is 11.7. The van der Waals surface area contributed by atoms with Crippen LogP contribution in [0.5, 0.6) is 0 Å². The Morgan fingerprint density at radius 2 is 1.79 bits per heavy atom. The van der Waals surface area contributed by atoms with E-state index in [0.29, 0.717) is 19.3 Å². The molecular weight excluding hydrogens is 378 g/mol. The van der Waals surface area contributed by atoms with E-state index in [1.54, 1.807) is 35.0 Å². The predicted molar refractivity (Wildman–Crippen MR) is 109 cm³/mol. The molecule has 1 heterocycles. The Balaban J connectivity index is 0.000000946. The number of carbonyl (C=O) groups excluding carboxylic acids is 4. The van der Waals surface area contributed by atoms with Crippen molar-refractivity contribution in [3.8, 4) is 0 Å². The number of nitrogens with one attached hydrogen (secondary N) is 3. The SMILES string of the molecule is CC(C)(C)OC(=O)NCC(=O)NC(C=O)CC1CCNC1=O.CC1CC1.COC. The Labute approximate surface area is 173 Å². The Morgan fingerprint density at radius 1 is 1.24 bits per heavy atom. The average Bonchev–Trinajstić information content (AvgIpc) is 3.29. The number of ether oxygens (including phenoxy) is 2. The highest BCUT2D eigenvalue weighted by Crippen LogP contribution is 2.26.